The van der Waals surface area contributed by atoms with Crippen molar-refractivity contribution in [1.82, 2.24) is 14.9 Å². The fourth-order valence-electron chi connectivity index (χ4n) is 5.94. The Labute approximate surface area is 251 Å². The van der Waals surface area contributed by atoms with E-state index >= 15 is 0 Å². The second-order valence-electron chi connectivity index (χ2n) is 10.4. The molecule has 1 fully saturated rings. The summed E-state index contributed by atoms with van der Waals surface area (Å²) in [5.41, 5.74) is 6.26. The van der Waals surface area contributed by atoms with Gasteiger partial charge in [0.25, 0.3) is 0 Å². The molecule has 2 N–H and O–H groups in total. The van der Waals surface area contributed by atoms with Crippen molar-refractivity contribution < 1.29 is 13.2 Å². The van der Waals surface area contributed by atoms with Gasteiger partial charge in [-0.1, -0.05) is 42.5 Å². The van der Waals surface area contributed by atoms with E-state index in [1.165, 1.54) is 12.5 Å². The largest absolute Gasteiger partial charge is 0.495 e. The molecule has 0 radical (unpaired) electrons. The van der Waals surface area contributed by atoms with E-state index in [2.05, 4.69) is 82.0 Å². The van der Waals surface area contributed by atoms with Crippen LogP contribution in [-0.4, -0.2) is 36.4 Å². The Bertz CT molecular complexity index is 1920. The Kier molecular flexibility index (Phi) is 7.12. The highest BCUT2D eigenvalue weighted by Crippen LogP contribution is 2.45. The molecular formula is C32H31N5O3S2. The van der Waals surface area contributed by atoms with Crippen LogP contribution in [-0.2, 0) is 10.0 Å². The van der Waals surface area contributed by atoms with E-state index < -0.39 is 10.0 Å². The number of rotatable bonds is 7. The molecule has 0 saturated carbocycles. The minimum atomic E-state index is -3.55. The lowest BCUT2D eigenvalue weighted by Gasteiger charge is -2.29. The number of hydrogen-bond acceptors (Lipinski definition) is 5. The maximum absolute atomic E-state index is 12.2. The van der Waals surface area contributed by atoms with Crippen molar-refractivity contribution in [1.29, 1.82) is 0 Å². The summed E-state index contributed by atoms with van der Waals surface area (Å²) in [6.45, 7) is 4.24. The van der Waals surface area contributed by atoms with E-state index in [1.54, 1.807) is 18.3 Å². The molecule has 3 heterocycles. The number of thiocarbonyl (C=S) groups is 1. The van der Waals surface area contributed by atoms with E-state index in [4.69, 9.17) is 17.0 Å². The molecule has 0 aliphatic carbocycles. The predicted octanol–water partition coefficient (Wildman–Crippen LogP) is 6.20. The molecule has 2 aromatic heterocycles. The van der Waals surface area contributed by atoms with Crippen molar-refractivity contribution in [3.8, 4) is 11.4 Å². The van der Waals surface area contributed by atoms with Crippen molar-refractivity contribution in [3.63, 3.8) is 0 Å². The zero-order valence-electron chi connectivity index (χ0n) is 23.7. The van der Waals surface area contributed by atoms with Gasteiger partial charge in [-0.05, 0) is 79.5 Å². The third kappa shape index (κ3) is 4.97. The molecule has 42 heavy (non-hydrogen) atoms. The van der Waals surface area contributed by atoms with Crippen molar-refractivity contribution in [2.24, 2.45) is 0 Å². The minimum absolute atomic E-state index is 0.256. The van der Waals surface area contributed by atoms with E-state index in [9.17, 15) is 8.42 Å². The van der Waals surface area contributed by atoms with Crippen LogP contribution < -0.4 is 19.7 Å². The molecule has 1 saturated heterocycles. The third-order valence-corrected chi connectivity index (χ3v) is 8.56. The first-order chi connectivity index (χ1) is 20.2. The molecular weight excluding hydrogens is 567 g/mol. The van der Waals surface area contributed by atoms with Crippen LogP contribution in [0.3, 0.4) is 0 Å². The van der Waals surface area contributed by atoms with Gasteiger partial charge in [0, 0.05) is 28.7 Å². The summed E-state index contributed by atoms with van der Waals surface area (Å²) in [5, 5.41) is 6.36. The van der Waals surface area contributed by atoms with Crippen molar-refractivity contribution in [3.05, 3.63) is 114 Å². The van der Waals surface area contributed by atoms with Crippen LogP contribution in [0.25, 0.3) is 16.5 Å². The van der Waals surface area contributed by atoms with Crippen molar-refractivity contribution >= 4 is 49.5 Å². The van der Waals surface area contributed by atoms with Crippen LogP contribution >= 0.6 is 12.2 Å². The smallest absolute Gasteiger partial charge is 0.229 e. The Morgan fingerprint density at radius 3 is 2.48 bits per heavy atom. The highest BCUT2D eigenvalue weighted by atomic mass is 32.2. The van der Waals surface area contributed by atoms with Gasteiger partial charge in [-0.15, -0.1) is 0 Å². The van der Waals surface area contributed by atoms with Crippen LogP contribution in [0.4, 0.5) is 11.4 Å². The second kappa shape index (κ2) is 10.8. The molecule has 214 valence electrons. The molecule has 0 bridgehead atoms. The Balaban J connectivity index is 1.54. The standard InChI is InChI=1S/C32H31N5O3S2/c1-20-18-25(21(2)36(20)28-14-9-11-22-10-5-6-12-24(22)28)31-30(26-13-7-8-17-33-26)34-32(41)37(31)23-15-16-29(40-3)27(19-23)35-42(4,38)39/h5-19,30-31,35H,1-4H3,(H,34,41)/t30-,31+/m0/s1. The van der Waals surface area contributed by atoms with Gasteiger partial charge in [0.2, 0.25) is 10.0 Å². The van der Waals surface area contributed by atoms with Gasteiger partial charge >= 0.3 is 0 Å². The van der Waals surface area contributed by atoms with E-state index in [-0.39, 0.29) is 12.1 Å². The summed E-state index contributed by atoms with van der Waals surface area (Å²) >= 11 is 5.94. The second-order valence-corrected chi connectivity index (χ2v) is 12.6. The molecule has 6 rings (SSSR count). The summed E-state index contributed by atoms with van der Waals surface area (Å²) in [7, 11) is -2.04. The van der Waals surface area contributed by atoms with Gasteiger partial charge in [-0.25, -0.2) is 8.42 Å². The average molecular weight is 598 g/mol. The number of anilines is 2. The molecule has 1 aliphatic rings. The lowest BCUT2D eigenvalue weighted by molar-refractivity contribution is 0.417. The van der Waals surface area contributed by atoms with Crippen molar-refractivity contribution in [2.75, 3.05) is 23.0 Å². The number of pyridine rings is 1. The molecule has 2 atom stereocenters. The molecule has 0 spiro atoms. The van der Waals surface area contributed by atoms with E-state index in [0.717, 1.165) is 45.7 Å². The van der Waals surface area contributed by atoms with Crippen molar-refractivity contribution in [2.45, 2.75) is 25.9 Å². The minimum Gasteiger partial charge on any atom is -0.495 e. The summed E-state index contributed by atoms with van der Waals surface area (Å²) in [5.74, 6) is 0.411. The first-order valence-corrected chi connectivity index (χ1v) is 15.8. The van der Waals surface area contributed by atoms with Crippen LogP contribution in [0.2, 0.25) is 0 Å². The Morgan fingerprint density at radius 1 is 0.976 bits per heavy atom. The molecule has 5 aromatic rings. The Hall–Kier alpha value is -4.41. The molecule has 8 nitrogen and oxygen atoms in total. The normalized spacial score (nSPS) is 17.0. The summed E-state index contributed by atoms with van der Waals surface area (Å²) in [6, 6.07) is 27.6. The van der Waals surface area contributed by atoms with Gasteiger partial charge in [0.05, 0.1) is 42.5 Å². The lowest BCUT2D eigenvalue weighted by Crippen LogP contribution is -2.29. The maximum atomic E-state index is 12.2. The fraction of sp³-hybridized carbons (Fsp3) is 0.188. The molecule has 10 heteroatoms. The number of aryl methyl sites for hydroxylation is 1. The number of benzene rings is 3. The number of fused-ring (bicyclic) bond motifs is 1. The molecule has 0 amide bonds. The van der Waals surface area contributed by atoms with Crippen LogP contribution in [0, 0.1) is 13.8 Å². The average Bonchev–Trinajstić information content (AvgIpc) is 3.47. The molecule has 3 aromatic carbocycles. The predicted molar refractivity (Wildman–Crippen MR) is 172 cm³/mol. The number of methoxy groups -OCH3 is 1. The molecule has 1 aliphatic heterocycles. The van der Waals surface area contributed by atoms with Crippen LogP contribution in [0.5, 0.6) is 5.75 Å². The van der Waals surface area contributed by atoms with Gasteiger partial charge in [0.15, 0.2) is 5.11 Å². The summed E-state index contributed by atoms with van der Waals surface area (Å²) < 4.78 is 34.7. The maximum Gasteiger partial charge on any atom is 0.229 e. The van der Waals surface area contributed by atoms with Gasteiger partial charge < -0.3 is 19.5 Å². The zero-order valence-corrected chi connectivity index (χ0v) is 25.3. The van der Waals surface area contributed by atoms with Gasteiger partial charge in [-0.2, -0.15) is 0 Å². The summed E-state index contributed by atoms with van der Waals surface area (Å²) in [4.78, 5) is 6.72. The number of nitrogens with one attached hydrogen (secondary N) is 2. The van der Waals surface area contributed by atoms with Crippen LogP contribution in [0.15, 0.2) is 91.1 Å². The molecule has 0 unspecified atom stereocenters. The first-order valence-electron chi connectivity index (χ1n) is 13.5. The SMILES string of the molecule is COc1ccc(N2C(=S)N[C@@H](c3ccccn3)[C@H]2c2cc(C)n(-c3cccc4ccccc34)c2C)cc1NS(C)(=O)=O. The topological polar surface area (TPSA) is 88.5 Å². The number of hydrogen-bond donors (Lipinski definition) is 2. The number of aromatic nitrogens is 2. The van der Waals surface area contributed by atoms with Crippen LogP contribution in [0.1, 0.15) is 34.7 Å². The van der Waals surface area contributed by atoms with E-state index in [0.29, 0.717) is 16.5 Å². The fourth-order valence-corrected chi connectivity index (χ4v) is 6.84. The van der Waals surface area contributed by atoms with Gasteiger partial charge in [-0.3, -0.25) is 9.71 Å². The number of ether oxygens (including phenoxy) is 1. The summed E-state index contributed by atoms with van der Waals surface area (Å²) in [6.07, 6.45) is 2.89. The quantitative estimate of drug-likeness (QED) is 0.216. The Morgan fingerprint density at radius 2 is 1.74 bits per heavy atom. The monoisotopic (exact) mass is 597 g/mol. The highest BCUT2D eigenvalue weighted by molar-refractivity contribution is 7.92. The zero-order chi connectivity index (χ0) is 29.6. The first kappa shape index (κ1) is 27.7. The number of sulfonamides is 1. The van der Waals surface area contributed by atoms with Gasteiger partial charge in [0.1, 0.15) is 5.75 Å². The third-order valence-electron chi connectivity index (χ3n) is 7.65. The van der Waals surface area contributed by atoms with E-state index in [1.807, 2.05) is 29.2 Å². The highest BCUT2D eigenvalue weighted by Gasteiger charge is 2.42. The number of nitrogens with zero attached hydrogens (tertiary/aromatic N) is 3. The lowest BCUT2D eigenvalue weighted by atomic mass is 9.96.